The number of rotatable bonds is 17. The lowest BCUT2D eigenvalue weighted by Crippen LogP contribution is -2.52. The van der Waals surface area contributed by atoms with Crippen LogP contribution in [0.3, 0.4) is 0 Å². The molecule has 0 amide bonds. The first-order valence-electron chi connectivity index (χ1n) is 17.3. The molecule has 0 heterocycles. The highest BCUT2D eigenvalue weighted by Gasteiger charge is 2.57. The summed E-state index contributed by atoms with van der Waals surface area (Å²) in [5.74, 6) is 2.13. The van der Waals surface area contributed by atoms with Gasteiger partial charge < -0.3 is 4.74 Å². The van der Waals surface area contributed by atoms with E-state index in [0.29, 0.717) is 6.61 Å². The Morgan fingerprint density at radius 3 is 1.73 bits per heavy atom. The molecule has 2 heteroatoms. The van der Waals surface area contributed by atoms with E-state index in [-0.39, 0.29) is 16.8 Å². The molecule has 0 aromatic rings. The van der Waals surface area contributed by atoms with Crippen molar-refractivity contribution >= 4 is 5.97 Å². The number of unbranched alkanes of at least 4 members (excludes halogenated alkanes) is 10. The molecule has 216 valence electrons. The van der Waals surface area contributed by atoms with Gasteiger partial charge in [-0.1, -0.05) is 136 Å². The predicted octanol–water partition coefficient (Wildman–Crippen LogP) is 11.3. The van der Waals surface area contributed by atoms with Crippen LogP contribution in [0.15, 0.2) is 0 Å². The second-order valence-corrected chi connectivity index (χ2v) is 13.6. The molecule has 0 atom stereocenters. The number of carbonyl (C=O) groups is 1. The van der Waals surface area contributed by atoms with Crippen molar-refractivity contribution in [1.29, 1.82) is 0 Å². The topological polar surface area (TPSA) is 26.3 Å². The van der Waals surface area contributed by atoms with Gasteiger partial charge >= 0.3 is 5.97 Å². The summed E-state index contributed by atoms with van der Waals surface area (Å²) >= 11 is 0. The molecule has 3 saturated carbocycles. The molecule has 0 radical (unpaired) electrons. The fourth-order valence-electron chi connectivity index (χ4n) is 8.77. The van der Waals surface area contributed by atoms with E-state index in [0.717, 1.165) is 31.1 Å². The van der Waals surface area contributed by atoms with Gasteiger partial charge in [0.1, 0.15) is 0 Å². The smallest absolute Gasteiger partial charge is 0.312 e. The summed E-state index contributed by atoms with van der Waals surface area (Å²) in [7, 11) is 0. The molecule has 0 bridgehead atoms. The molecule has 0 saturated heterocycles. The number of esters is 1. The van der Waals surface area contributed by atoms with E-state index in [4.69, 9.17) is 4.74 Å². The Bertz CT molecular complexity index is 590. The summed E-state index contributed by atoms with van der Waals surface area (Å²) in [6.45, 7) is 5.25. The summed E-state index contributed by atoms with van der Waals surface area (Å²) in [5, 5.41) is 0. The van der Waals surface area contributed by atoms with Gasteiger partial charge in [-0.3, -0.25) is 4.79 Å². The van der Waals surface area contributed by atoms with Gasteiger partial charge in [-0.2, -0.15) is 0 Å². The average Bonchev–Trinajstić information content (AvgIpc) is 2.95. The van der Waals surface area contributed by atoms with E-state index in [2.05, 4.69) is 13.8 Å². The molecule has 3 rings (SSSR count). The molecular weight excluding hydrogens is 452 g/mol. The third-order valence-electron chi connectivity index (χ3n) is 11.2. The van der Waals surface area contributed by atoms with Gasteiger partial charge in [-0.15, -0.1) is 0 Å². The number of hydrogen-bond acceptors (Lipinski definition) is 2. The normalized spacial score (nSPS) is 26.7. The third-order valence-corrected chi connectivity index (χ3v) is 11.2. The van der Waals surface area contributed by atoms with Gasteiger partial charge in [0.25, 0.3) is 0 Å². The Kier molecular flexibility index (Phi) is 14.4. The van der Waals surface area contributed by atoms with Crippen LogP contribution in [0.2, 0.25) is 0 Å². The van der Waals surface area contributed by atoms with Crippen LogP contribution in [0.5, 0.6) is 0 Å². The van der Waals surface area contributed by atoms with Gasteiger partial charge in [-0.05, 0) is 68.6 Å². The van der Waals surface area contributed by atoms with Crippen molar-refractivity contribution in [3.8, 4) is 0 Å². The van der Waals surface area contributed by atoms with Crippen molar-refractivity contribution < 1.29 is 9.53 Å². The fourth-order valence-corrected chi connectivity index (χ4v) is 8.77. The van der Waals surface area contributed by atoms with E-state index in [1.807, 2.05) is 0 Å². The van der Waals surface area contributed by atoms with Crippen molar-refractivity contribution in [1.82, 2.24) is 0 Å². The highest BCUT2D eigenvalue weighted by atomic mass is 16.5. The standard InChI is InChI=1S/C35H64O2/c1-3-5-7-9-10-12-20-30-37-33(36)35(26-18-14-19-27-35)34(25-17-11-8-6-4-2)28-23-32(24-29-34)31-21-15-13-16-22-31/h31-32H,3-30H2,1-2H3. The zero-order valence-electron chi connectivity index (χ0n) is 25.3. The predicted molar refractivity (Wildman–Crippen MR) is 159 cm³/mol. The first-order chi connectivity index (χ1) is 18.2. The van der Waals surface area contributed by atoms with Crippen LogP contribution < -0.4 is 0 Å². The summed E-state index contributed by atoms with van der Waals surface area (Å²) in [6, 6.07) is 0. The van der Waals surface area contributed by atoms with Crippen molar-refractivity contribution in [2.45, 2.75) is 187 Å². The highest BCUT2D eigenvalue weighted by Crippen LogP contribution is 2.61. The SMILES string of the molecule is CCCCCCCCCOC(=O)C1(C2(CCCCCCC)CCC(C3CCCCC3)CC2)CCCCC1. The Labute approximate surface area is 231 Å². The largest absolute Gasteiger partial charge is 0.465 e. The molecule has 3 aliphatic rings. The monoisotopic (exact) mass is 516 g/mol. The van der Waals surface area contributed by atoms with E-state index in [1.54, 1.807) is 0 Å². The van der Waals surface area contributed by atoms with Crippen molar-refractivity contribution in [2.75, 3.05) is 6.61 Å². The lowest BCUT2D eigenvalue weighted by atomic mass is 9.49. The lowest BCUT2D eigenvalue weighted by molar-refractivity contribution is -0.175. The molecule has 3 aliphatic carbocycles. The van der Waals surface area contributed by atoms with Crippen LogP contribution in [-0.2, 0) is 9.53 Å². The van der Waals surface area contributed by atoms with Crippen molar-refractivity contribution in [2.24, 2.45) is 22.7 Å². The molecule has 0 aromatic carbocycles. The zero-order valence-corrected chi connectivity index (χ0v) is 25.3. The number of ether oxygens (including phenoxy) is 1. The Morgan fingerprint density at radius 1 is 0.595 bits per heavy atom. The summed E-state index contributed by atoms with van der Waals surface area (Å²) in [6.07, 6.45) is 35.6. The minimum absolute atomic E-state index is 0.186. The maximum atomic E-state index is 14.1. The molecule has 0 aliphatic heterocycles. The van der Waals surface area contributed by atoms with Crippen LogP contribution in [0.25, 0.3) is 0 Å². The molecule has 3 fully saturated rings. The van der Waals surface area contributed by atoms with E-state index in [1.165, 1.54) is 154 Å². The van der Waals surface area contributed by atoms with E-state index in [9.17, 15) is 4.79 Å². The lowest BCUT2D eigenvalue weighted by Gasteiger charge is -2.55. The molecule has 0 spiro atoms. The molecule has 0 unspecified atom stereocenters. The van der Waals surface area contributed by atoms with Crippen LogP contribution in [-0.4, -0.2) is 12.6 Å². The Hall–Kier alpha value is -0.530. The number of carbonyl (C=O) groups excluding carboxylic acids is 1. The summed E-state index contributed by atoms with van der Waals surface area (Å²) in [5.41, 5.74) is 0.0245. The van der Waals surface area contributed by atoms with Crippen LogP contribution in [0, 0.1) is 22.7 Å². The van der Waals surface area contributed by atoms with Crippen LogP contribution >= 0.6 is 0 Å². The zero-order chi connectivity index (χ0) is 26.2. The van der Waals surface area contributed by atoms with Crippen molar-refractivity contribution in [3.05, 3.63) is 0 Å². The third kappa shape index (κ3) is 8.99. The van der Waals surface area contributed by atoms with Gasteiger partial charge in [0.15, 0.2) is 0 Å². The molecule has 0 N–H and O–H groups in total. The maximum Gasteiger partial charge on any atom is 0.312 e. The molecule has 0 aromatic heterocycles. The first-order valence-corrected chi connectivity index (χ1v) is 17.3. The molecule has 37 heavy (non-hydrogen) atoms. The molecular formula is C35H64O2. The van der Waals surface area contributed by atoms with Gasteiger partial charge in [-0.25, -0.2) is 0 Å². The Balaban J connectivity index is 1.63. The van der Waals surface area contributed by atoms with Crippen LogP contribution in [0.4, 0.5) is 0 Å². The van der Waals surface area contributed by atoms with Crippen LogP contribution in [0.1, 0.15) is 187 Å². The first kappa shape index (κ1) is 31.0. The van der Waals surface area contributed by atoms with Gasteiger partial charge in [0.05, 0.1) is 12.0 Å². The van der Waals surface area contributed by atoms with E-state index < -0.39 is 0 Å². The number of hydrogen-bond donors (Lipinski definition) is 0. The maximum absolute atomic E-state index is 14.1. The minimum atomic E-state index is -0.186. The quantitative estimate of drug-likeness (QED) is 0.142. The van der Waals surface area contributed by atoms with Crippen molar-refractivity contribution in [3.63, 3.8) is 0 Å². The van der Waals surface area contributed by atoms with Gasteiger partial charge in [0, 0.05) is 0 Å². The second-order valence-electron chi connectivity index (χ2n) is 13.6. The highest BCUT2D eigenvalue weighted by molar-refractivity contribution is 5.78. The summed E-state index contributed by atoms with van der Waals surface area (Å²) in [4.78, 5) is 14.1. The fraction of sp³-hybridized carbons (Fsp3) is 0.971. The van der Waals surface area contributed by atoms with Gasteiger partial charge in [0.2, 0.25) is 0 Å². The van der Waals surface area contributed by atoms with E-state index >= 15 is 0 Å². The molecule has 2 nitrogen and oxygen atoms in total. The second kappa shape index (κ2) is 17.2. The minimum Gasteiger partial charge on any atom is -0.465 e. The Morgan fingerprint density at radius 2 is 1.11 bits per heavy atom. The summed E-state index contributed by atoms with van der Waals surface area (Å²) < 4.78 is 6.24. The average molecular weight is 517 g/mol.